The van der Waals surface area contributed by atoms with Crippen LogP contribution >= 0.6 is 39.9 Å². The SMILES string of the molecule is CC1CCN(C(N)=NCCc2cc(Br)ccc2F)CC1.I. The number of benzene rings is 1. The van der Waals surface area contributed by atoms with Crippen LogP contribution in [0.25, 0.3) is 0 Å². The van der Waals surface area contributed by atoms with Crippen molar-refractivity contribution in [3.05, 3.63) is 34.1 Å². The molecule has 3 nitrogen and oxygen atoms in total. The van der Waals surface area contributed by atoms with Crippen molar-refractivity contribution >= 4 is 45.9 Å². The minimum atomic E-state index is -0.186. The number of nitrogens with zero attached hydrogens (tertiary/aromatic N) is 2. The van der Waals surface area contributed by atoms with E-state index < -0.39 is 0 Å². The molecule has 1 fully saturated rings. The van der Waals surface area contributed by atoms with E-state index in [4.69, 9.17) is 5.73 Å². The van der Waals surface area contributed by atoms with Crippen molar-refractivity contribution in [3.63, 3.8) is 0 Å². The fraction of sp³-hybridized carbons (Fsp3) is 0.533. The van der Waals surface area contributed by atoms with Crippen molar-refractivity contribution in [2.24, 2.45) is 16.6 Å². The van der Waals surface area contributed by atoms with Crippen LogP contribution in [0.1, 0.15) is 25.3 Å². The Labute approximate surface area is 151 Å². The van der Waals surface area contributed by atoms with Gasteiger partial charge in [-0.3, -0.25) is 4.99 Å². The molecule has 1 aromatic rings. The topological polar surface area (TPSA) is 41.6 Å². The molecule has 0 atom stereocenters. The second-order valence-electron chi connectivity index (χ2n) is 5.40. The average molecular weight is 470 g/mol. The molecule has 1 saturated heterocycles. The summed E-state index contributed by atoms with van der Waals surface area (Å²) in [7, 11) is 0. The molecule has 1 aliphatic heterocycles. The number of piperidine rings is 1. The van der Waals surface area contributed by atoms with Crippen molar-refractivity contribution in [3.8, 4) is 0 Å². The number of hydrogen-bond donors (Lipinski definition) is 1. The van der Waals surface area contributed by atoms with Gasteiger partial charge in [0.25, 0.3) is 0 Å². The highest BCUT2D eigenvalue weighted by Gasteiger charge is 2.16. The van der Waals surface area contributed by atoms with Crippen LogP contribution in [-0.2, 0) is 6.42 Å². The summed E-state index contributed by atoms with van der Waals surface area (Å²) in [4.78, 5) is 6.50. The number of hydrogen-bond acceptors (Lipinski definition) is 1. The molecule has 0 unspecified atom stereocenters. The van der Waals surface area contributed by atoms with Crippen LogP contribution in [0.5, 0.6) is 0 Å². The van der Waals surface area contributed by atoms with Gasteiger partial charge in [0.05, 0.1) is 0 Å². The molecule has 0 aromatic heterocycles. The Kier molecular flexibility index (Phi) is 7.94. The first kappa shape index (κ1) is 18.7. The number of halogens is 3. The first-order chi connectivity index (χ1) is 9.56. The highest BCUT2D eigenvalue weighted by Crippen LogP contribution is 2.17. The Morgan fingerprint density at radius 3 is 2.76 bits per heavy atom. The monoisotopic (exact) mass is 469 g/mol. The third kappa shape index (κ3) is 5.73. The third-order valence-corrected chi connectivity index (χ3v) is 4.26. The Morgan fingerprint density at radius 1 is 1.43 bits per heavy atom. The van der Waals surface area contributed by atoms with Gasteiger partial charge in [-0.1, -0.05) is 22.9 Å². The van der Waals surface area contributed by atoms with Gasteiger partial charge in [-0.25, -0.2) is 4.39 Å². The maximum atomic E-state index is 13.6. The lowest BCUT2D eigenvalue weighted by Crippen LogP contribution is -2.42. The lowest BCUT2D eigenvalue weighted by molar-refractivity contribution is 0.277. The van der Waals surface area contributed by atoms with Crippen molar-refractivity contribution < 1.29 is 4.39 Å². The predicted octanol–water partition coefficient (Wildman–Crippen LogP) is 3.80. The molecule has 1 aliphatic rings. The van der Waals surface area contributed by atoms with Gasteiger partial charge < -0.3 is 10.6 Å². The summed E-state index contributed by atoms with van der Waals surface area (Å²) in [6.45, 7) is 4.73. The second kappa shape index (κ2) is 8.92. The number of guanidine groups is 1. The molecule has 1 heterocycles. The summed E-state index contributed by atoms with van der Waals surface area (Å²) < 4.78 is 14.5. The highest BCUT2D eigenvalue weighted by molar-refractivity contribution is 14.0. The van der Waals surface area contributed by atoms with E-state index in [9.17, 15) is 4.39 Å². The van der Waals surface area contributed by atoms with Crippen LogP contribution in [0.3, 0.4) is 0 Å². The van der Waals surface area contributed by atoms with Crippen LogP contribution in [0.15, 0.2) is 27.7 Å². The zero-order valence-corrected chi connectivity index (χ0v) is 16.1. The second-order valence-corrected chi connectivity index (χ2v) is 6.31. The molecule has 118 valence electrons. The van der Waals surface area contributed by atoms with Gasteiger partial charge in [0.2, 0.25) is 0 Å². The summed E-state index contributed by atoms with van der Waals surface area (Å²) in [5.74, 6) is 1.18. The Bertz CT molecular complexity index is 488. The summed E-state index contributed by atoms with van der Waals surface area (Å²) in [5, 5.41) is 0. The van der Waals surface area contributed by atoms with Gasteiger partial charge in [0.15, 0.2) is 5.96 Å². The van der Waals surface area contributed by atoms with Gasteiger partial charge in [0, 0.05) is 24.1 Å². The number of aliphatic imine (C=N–C) groups is 1. The highest BCUT2D eigenvalue weighted by atomic mass is 127. The summed E-state index contributed by atoms with van der Waals surface area (Å²) >= 11 is 3.35. The maximum absolute atomic E-state index is 13.6. The average Bonchev–Trinajstić information content (AvgIpc) is 2.43. The fourth-order valence-electron chi connectivity index (χ4n) is 2.36. The van der Waals surface area contributed by atoms with Gasteiger partial charge in [-0.05, 0) is 48.9 Å². The van der Waals surface area contributed by atoms with Crippen LogP contribution < -0.4 is 5.73 Å². The van der Waals surface area contributed by atoms with E-state index in [1.54, 1.807) is 12.1 Å². The summed E-state index contributed by atoms with van der Waals surface area (Å²) in [6.07, 6.45) is 2.89. The molecular weight excluding hydrogens is 448 g/mol. The largest absolute Gasteiger partial charge is 0.370 e. The first-order valence-corrected chi connectivity index (χ1v) is 7.84. The predicted molar refractivity (Wildman–Crippen MR) is 99.7 cm³/mol. The fourth-order valence-corrected chi connectivity index (χ4v) is 2.77. The number of likely N-dealkylation sites (tertiary alicyclic amines) is 1. The van der Waals surface area contributed by atoms with Gasteiger partial charge >= 0.3 is 0 Å². The minimum Gasteiger partial charge on any atom is -0.370 e. The van der Waals surface area contributed by atoms with Gasteiger partial charge in [0.1, 0.15) is 5.82 Å². The van der Waals surface area contributed by atoms with Gasteiger partial charge in [-0.15, -0.1) is 24.0 Å². The maximum Gasteiger partial charge on any atom is 0.191 e. The third-order valence-electron chi connectivity index (χ3n) is 3.77. The molecule has 0 amide bonds. The molecule has 0 spiro atoms. The van der Waals surface area contributed by atoms with Crippen LogP contribution in [0.2, 0.25) is 0 Å². The zero-order chi connectivity index (χ0) is 14.5. The molecule has 0 aliphatic carbocycles. The molecular formula is C15H22BrFIN3. The normalized spacial score (nSPS) is 16.7. The van der Waals surface area contributed by atoms with E-state index in [1.807, 2.05) is 0 Å². The zero-order valence-electron chi connectivity index (χ0n) is 12.2. The first-order valence-electron chi connectivity index (χ1n) is 7.05. The van der Waals surface area contributed by atoms with E-state index in [0.29, 0.717) is 24.5 Å². The lowest BCUT2D eigenvalue weighted by atomic mass is 10.00. The molecule has 0 bridgehead atoms. The van der Waals surface area contributed by atoms with E-state index in [-0.39, 0.29) is 29.8 Å². The Morgan fingerprint density at radius 2 is 2.10 bits per heavy atom. The van der Waals surface area contributed by atoms with Gasteiger partial charge in [-0.2, -0.15) is 0 Å². The Hall–Kier alpha value is -0.370. The van der Waals surface area contributed by atoms with Crippen LogP contribution in [0.4, 0.5) is 4.39 Å². The summed E-state index contributed by atoms with van der Waals surface area (Å²) in [6, 6.07) is 4.97. The molecule has 6 heteroatoms. The molecule has 0 saturated carbocycles. The van der Waals surface area contributed by atoms with Crippen LogP contribution in [0, 0.1) is 11.7 Å². The Balaban J connectivity index is 0.00000220. The van der Waals surface area contributed by atoms with E-state index in [0.717, 1.165) is 36.3 Å². The van der Waals surface area contributed by atoms with E-state index in [1.165, 1.54) is 6.07 Å². The van der Waals surface area contributed by atoms with Crippen molar-refractivity contribution in [2.75, 3.05) is 19.6 Å². The molecule has 2 rings (SSSR count). The smallest absolute Gasteiger partial charge is 0.191 e. The lowest BCUT2D eigenvalue weighted by Gasteiger charge is -2.31. The standard InChI is InChI=1S/C15H21BrFN3.HI/c1-11-5-8-20(9-6-11)15(18)19-7-4-12-10-13(16)2-3-14(12)17;/h2-3,10-11H,4-9H2,1H3,(H2,18,19);1H. The number of nitrogens with two attached hydrogens (primary N) is 1. The molecule has 0 radical (unpaired) electrons. The minimum absolute atomic E-state index is 0. The van der Waals surface area contributed by atoms with Crippen molar-refractivity contribution in [2.45, 2.75) is 26.2 Å². The molecule has 2 N–H and O–H groups in total. The van der Waals surface area contributed by atoms with Crippen molar-refractivity contribution in [1.29, 1.82) is 0 Å². The quantitative estimate of drug-likeness (QED) is 0.415. The van der Waals surface area contributed by atoms with Crippen LogP contribution in [-0.4, -0.2) is 30.5 Å². The van der Waals surface area contributed by atoms with Crippen molar-refractivity contribution in [1.82, 2.24) is 4.90 Å². The molecule has 1 aromatic carbocycles. The number of rotatable bonds is 3. The van der Waals surface area contributed by atoms with E-state index >= 15 is 0 Å². The summed E-state index contributed by atoms with van der Waals surface area (Å²) in [5.41, 5.74) is 6.67. The van der Waals surface area contributed by atoms with E-state index in [2.05, 4.69) is 32.7 Å². The molecule has 21 heavy (non-hydrogen) atoms.